The van der Waals surface area contributed by atoms with E-state index in [-0.39, 0.29) is 11.5 Å². The predicted octanol–water partition coefficient (Wildman–Crippen LogP) is 5.08. The molecule has 11 heteroatoms. The summed E-state index contributed by atoms with van der Waals surface area (Å²) >= 11 is 1.40. The van der Waals surface area contributed by atoms with E-state index >= 15 is 0 Å². The van der Waals surface area contributed by atoms with Gasteiger partial charge in [-0.15, -0.1) is 16.8 Å². The molecule has 0 aliphatic heterocycles. The zero-order valence-electron chi connectivity index (χ0n) is 17.5. The Morgan fingerprint density at radius 3 is 2.67 bits per heavy atom. The van der Waals surface area contributed by atoms with E-state index in [1.807, 2.05) is 34.9 Å². The van der Waals surface area contributed by atoms with E-state index in [1.165, 1.54) is 31.0 Å². The first-order chi connectivity index (χ1) is 16.1. The Morgan fingerprint density at radius 2 is 1.94 bits per heavy atom. The normalized spacial score (nSPS) is 11.0. The Morgan fingerprint density at radius 1 is 1.12 bits per heavy atom. The number of allylic oxidation sites excluding steroid dienone is 1. The molecule has 0 radical (unpaired) electrons. The summed E-state index contributed by atoms with van der Waals surface area (Å²) in [6.45, 7) is 1.40. The third-order valence-electron chi connectivity index (χ3n) is 4.49. The van der Waals surface area contributed by atoms with Crippen LogP contribution in [0.15, 0.2) is 70.9 Å². The highest BCUT2D eigenvalue weighted by molar-refractivity contribution is 7.98. The fourth-order valence-electron chi connectivity index (χ4n) is 3.05. The summed E-state index contributed by atoms with van der Waals surface area (Å²) < 4.78 is 41.9. The first kappa shape index (κ1) is 22.5. The number of halogens is 2. The molecule has 0 bridgehead atoms. The summed E-state index contributed by atoms with van der Waals surface area (Å²) in [5, 5.41) is 13.3. The van der Waals surface area contributed by atoms with Crippen molar-refractivity contribution in [2.75, 3.05) is 7.11 Å². The van der Waals surface area contributed by atoms with E-state index in [2.05, 4.69) is 31.7 Å². The number of hydrogen-bond donors (Lipinski definition) is 0. The van der Waals surface area contributed by atoms with Crippen molar-refractivity contribution < 1.29 is 22.8 Å². The maximum absolute atomic E-state index is 12.5. The summed E-state index contributed by atoms with van der Waals surface area (Å²) in [6.07, 6.45) is 1.78. The van der Waals surface area contributed by atoms with Gasteiger partial charge in [-0.2, -0.15) is 13.8 Å². The fraction of sp³-hybridized carbons (Fsp3) is 0.182. The van der Waals surface area contributed by atoms with Gasteiger partial charge < -0.3 is 14.0 Å². The lowest BCUT2D eigenvalue weighted by Gasteiger charge is -2.10. The van der Waals surface area contributed by atoms with E-state index in [0.29, 0.717) is 34.7 Å². The molecule has 0 N–H and O–H groups in total. The van der Waals surface area contributed by atoms with Crippen LogP contribution in [-0.2, 0) is 12.3 Å². The Hall–Kier alpha value is -3.73. The highest BCUT2D eigenvalue weighted by Crippen LogP contribution is 2.33. The lowest BCUT2D eigenvalue weighted by atomic mass is 10.2. The standard InChI is InChI=1S/C22H19F2N5O3S/c1-3-11-29-20(14-7-5-4-6-8-14)26-27-22(29)33-13-18-25-19(28-32-18)15-9-10-16(31-21(23)24)17(12-15)30-2/h3-10,12,21H,1,11,13H2,2H3. The molecular weight excluding hydrogens is 452 g/mol. The van der Waals surface area contributed by atoms with E-state index in [0.717, 1.165) is 11.4 Å². The van der Waals surface area contributed by atoms with Crippen molar-refractivity contribution in [3.05, 3.63) is 67.1 Å². The first-order valence-corrected chi connectivity index (χ1v) is 10.8. The SMILES string of the molecule is C=CCn1c(SCc2nc(-c3ccc(OC(F)F)c(OC)c3)no2)nnc1-c1ccccc1. The number of alkyl halides is 2. The molecule has 0 saturated heterocycles. The van der Waals surface area contributed by atoms with Crippen molar-refractivity contribution in [1.29, 1.82) is 0 Å². The largest absolute Gasteiger partial charge is 0.493 e. The molecule has 2 aromatic carbocycles. The van der Waals surface area contributed by atoms with Gasteiger partial charge in [-0.05, 0) is 18.2 Å². The molecule has 170 valence electrons. The summed E-state index contributed by atoms with van der Waals surface area (Å²) in [6, 6.07) is 14.2. The van der Waals surface area contributed by atoms with Crippen LogP contribution in [0.4, 0.5) is 8.78 Å². The molecule has 0 fully saturated rings. The Kier molecular flexibility index (Phi) is 6.98. The van der Waals surface area contributed by atoms with Gasteiger partial charge in [0.25, 0.3) is 0 Å². The molecule has 0 spiro atoms. The van der Waals surface area contributed by atoms with E-state index in [4.69, 9.17) is 9.26 Å². The van der Waals surface area contributed by atoms with Crippen LogP contribution in [0.3, 0.4) is 0 Å². The lowest BCUT2D eigenvalue weighted by Crippen LogP contribution is -2.03. The first-order valence-electron chi connectivity index (χ1n) is 9.77. The molecule has 0 unspecified atom stereocenters. The molecule has 0 amide bonds. The summed E-state index contributed by atoms with van der Waals surface area (Å²) in [4.78, 5) is 4.38. The molecule has 2 aromatic heterocycles. The average molecular weight is 471 g/mol. The van der Waals surface area contributed by atoms with Gasteiger partial charge in [-0.3, -0.25) is 4.57 Å². The van der Waals surface area contributed by atoms with Crippen molar-refractivity contribution in [3.8, 4) is 34.3 Å². The zero-order valence-corrected chi connectivity index (χ0v) is 18.3. The number of aromatic nitrogens is 5. The molecule has 0 aliphatic rings. The summed E-state index contributed by atoms with van der Waals surface area (Å²) in [5.74, 6) is 1.83. The molecule has 0 atom stereocenters. The minimum Gasteiger partial charge on any atom is -0.493 e. The number of nitrogens with zero attached hydrogens (tertiary/aromatic N) is 5. The number of ether oxygens (including phenoxy) is 2. The van der Waals surface area contributed by atoms with Gasteiger partial charge in [-0.25, -0.2) is 0 Å². The van der Waals surface area contributed by atoms with Crippen molar-refractivity contribution >= 4 is 11.8 Å². The molecule has 2 heterocycles. The quantitative estimate of drug-likeness (QED) is 0.234. The smallest absolute Gasteiger partial charge is 0.387 e. The molecule has 4 aromatic rings. The minimum atomic E-state index is -2.95. The molecule has 33 heavy (non-hydrogen) atoms. The Balaban J connectivity index is 1.50. The average Bonchev–Trinajstić information content (AvgIpc) is 3.46. The maximum atomic E-state index is 12.5. The van der Waals surface area contributed by atoms with Crippen LogP contribution in [-0.4, -0.2) is 38.6 Å². The van der Waals surface area contributed by atoms with E-state index < -0.39 is 6.61 Å². The number of hydrogen-bond acceptors (Lipinski definition) is 8. The van der Waals surface area contributed by atoms with Gasteiger partial charge in [0.2, 0.25) is 11.7 Å². The number of methoxy groups -OCH3 is 1. The minimum absolute atomic E-state index is 0.0775. The van der Waals surface area contributed by atoms with Crippen molar-refractivity contribution in [1.82, 2.24) is 24.9 Å². The summed E-state index contributed by atoms with van der Waals surface area (Å²) in [7, 11) is 1.36. The third-order valence-corrected chi connectivity index (χ3v) is 5.44. The maximum Gasteiger partial charge on any atom is 0.387 e. The second-order valence-electron chi connectivity index (χ2n) is 6.62. The zero-order chi connectivity index (χ0) is 23.2. The number of thioether (sulfide) groups is 1. The van der Waals surface area contributed by atoms with E-state index in [9.17, 15) is 8.78 Å². The van der Waals surface area contributed by atoms with Gasteiger partial charge in [0.15, 0.2) is 22.5 Å². The van der Waals surface area contributed by atoms with Gasteiger partial charge in [0.1, 0.15) is 0 Å². The van der Waals surface area contributed by atoms with Crippen LogP contribution in [0.2, 0.25) is 0 Å². The predicted molar refractivity (Wildman–Crippen MR) is 118 cm³/mol. The van der Waals surface area contributed by atoms with Crippen LogP contribution in [0, 0.1) is 0 Å². The third kappa shape index (κ3) is 5.20. The second kappa shape index (κ2) is 10.3. The number of benzene rings is 2. The monoisotopic (exact) mass is 471 g/mol. The Labute approximate surface area is 192 Å². The van der Waals surface area contributed by atoms with Crippen LogP contribution < -0.4 is 9.47 Å². The van der Waals surface area contributed by atoms with Gasteiger partial charge in [-0.1, -0.05) is 53.3 Å². The van der Waals surface area contributed by atoms with Gasteiger partial charge in [0, 0.05) is 17.7 Å². The number of rotatable bonds is 10. The van der Waals surface area contributed by atoms with E-state index in [1.54, 1.807) is 12.1 Å². The van der Waals surface area contributed by atoms with Crippen LogP contribution in [0.5, 0.6) is 11.5 Å². The fourth-order valence-corrected chi connectivity index (χ4v) is 3.83. The molecule has 0 aliphatic carbocycles. The van der Waals surface area contributed by atoms with Crippen LogP contribution in [0.25, 0.3) is 22.8 Å². The van der Waals surface area contributed by atoms with Crippen LogP contribution >= 0.6 is 11.8 Å². The van der Waals surface area contributed by atoms with Gasteiger partial charge in [0.05, 0.1) is 12.9 Å². The summed E-state index contributed by atoms with van der Waals surface area (Å²) in [5.41, 5.74) is 1.49. The second-order valence-corrected chi connectivity index (χ2v) is 7.56. The lowest BCUT2D eigenvalue weighted by molar-refractivity contribution is -0.0512. The van der Waals surface area contributed by atoms with Gasteiger partial charge >= 0.3 is 6.61 Å². The van der Waals surface area contributed by atoms with Crippen LogP contribution in [0.1, 0.15) is 5.89 Å². The topological polar surface area (TPSA) is 88.1 Å². The molecular formula is C22H19F2N5O3S. The Bertz CT molecular complexity index is 1230. The molecule has 8 nitrogen and oxygen atoms in total. The van der Waals surface area contributed by atoms with Crippen molar-refractivity contribution in [3.63, 3.8) is 0 Å². The van der Waals surface area contributed by atoms with Crippen molar-refractivity contribution in [2.45, 2.75) is 24.1 Å². The molecule has 0 saturated carbocycles. The highest BCUT2D eigenvalue weighted by atomic mass is 32.2. The highest BCUT2D eigenvalue weighted by Gasteiger charge is 2.17. The van der Waals surface area contributed by atoms with Crippen molar-refractivity contribution in [2.24, 2.45) is 0 Å². The molecule has 4 rings (SSSR count).